The molecule has 4 rings (SSSR count). The zero-order valence-electron chi connectivity index (χ0n) is 16.9. The van der Waals surface area contributed by atoms with Gasteiger partial charge in [0.1, 0.15) is 5.75 Å². The maximum Gasteiger partial charge on any atom is 0.119 e. The van der Waals surface area contributed by atoms with Crippen molar-refractivity contribution in [3.8, 4) is 5.75 Å². The quantitative estimate of drug-likeness (QED) is 0.396. The molecule has 0 atom stereocenters. The third-order valence-electron chi connectivity index (χ3n) is 5.84. The number of thioether (sulfide) groups is 1. The maximum absolute atomic E-state index is 6.57. The summed E-state index contributed by atoms with van der Waals surface area (Å²) in [5.74, 6) is 1.95. The highest BCUT2D eigenvalue weighted by molar-refractivity contribution is 7.98. The van der Waals surface area contributed by atoms with Crippen molar-refractivity contribution in [2.75, 3.05) is 13.1 Å². The van der Waals surface area contributed by atoms with Gasteiger partial charge in [0.25, 0.3) is 0 Å². The molecule has 0 spiro atoms. The van der Waals surface area contributed by atoms with Crippen molar-refractivity contribution in [2.45, 2.75) is 68.1 Å². The van der Waals surface area contributed by atoms with E-state index in [0.717, 1.165) is 42.5 Å². The van der Waals surface area contributed by atoms with Crippen LogP contribution in [0.15, 0.2) is 41.3 Å². The van der Waals surface area contributed by atoms with Crippen molar-refractivity contribution >= 4 is 35.8 Å². The van der Waals surface area contributed by atoms with Crippen LogP contribution >= 0.6 is 35.8 Å². The van der Waals surface area contributed by atoms with E-state index in [2.05, 4.69) is 41.7 Å². The highest BCUT2D eigenvalue weighted by atomic mass is 35.5. The number of nitrogens with one attached hydrogen (secondary N) is 1. The first-order valence-corrected chi connectivity index (χ1v) is 12.1. The van der Waals surface area contributed by atoms with Crippen LogP contribution in [0.5, 0.6) is 5.75 Å². The Bertz CT molecular complexity index is 773. The molecule has 1 aliphatic carbocycles. The molecule has 1 N–H and O–H groups in total. The van der Waals surface area contributed by atoms with Crippen LogP contribution in [-0.2, 0) is 18.6 Å². The number of benzene rings is 2. The largest absolute Gasteiger partial charge is 0.490 e. The first-order valence-electron chi connectivity index (χ1n) is 10.7. The lowest BCUT2D eigenvalue weighted by Gasteiger charge is -2.17. The average molecular weight is 452 g/mol. The van der Waals surface area contributed by atoms with Crippen LogP contribution in [0.1, 0.15) is 55.2 Å². The minimum atomic E-state index is 0. The van der Waals surface area contributed by atoms with Gasteiger partial charge in [0.2, 0.25) is 0 Å². The van der Waals surface area contributed by atoms with Crippen molar-refractivity contribution in [1.29, 1.82) is 0 Å². The van der Waals surface area contributed by atoms with Gasteiger partial charge in [-0.05, 0) is 86.5 Å². The van der Waals surface area contributed by atoms with Gasteiger partial charge in [0.15, 0.2) is 0 Å². The number of ether oxygens (including phenoxy) is 1. The molecule has 29 heavy (non-hydrogen) atoms. The molecule has 0 unspecified atom stereocenters. The summed E-state index contributed by atoms with van der Waals surface area (Å²) in [6, 6.07) is 13.0. The first-order chi connectivity index (χ1) is 13.8. The van der Waals surface area contributed by atoms with Gasteiger partial charge in [-0.3, -0.25) is 0 Å². The van der Waals surface area contributed by atoms with Crippen LogP contribution in [0.4, 0.5) is 0 Å². The lowest BCUT2D eigenvalue weighted by atomic mass is 10.0. The van der Waals surface area contributed by atoms with E-state index in [0.29, 0.717) is 6.10 Å². The number of halogens is 2. The van der Waals surface area contributed by atoms with E-state index < -0.39 is 0 Å². The second kappa shape index (κ2) is 11.5. The summed E-state index contributed by atoms with van der Waals surface area (Å²) in [5.41, 5.74) is 4.21. The van der Waals surface area contributed by atoms with E-state index >= 15 is 0 Å². The molecular formula is C24H31Cl2NOS. The molecule has 1 saturated carbocycles. The van der Waals surface area contributed by atoms with Gasteiger partial charge in [0.05, 0.1) is 11.1 Å². The van der Waals surface area contributed by atoms with Crippen LogP contribution in [0, 0.1) is 0 Å². The Labute approximate surface area is 190 Å². The van der Waals surface area contributed by atoms with Gasteiger partial charge in [-0.1, -0.05) is 42.6 Å². The lowest BCUT2D eigenvalue weighted by molar-refractivity contribution is 0.183. The van der Waals surface area contributed by atoms with Gasteiger partial charge in [-0.2, -0.15) is 0 Å². The zero-order valence-corrected chi connectivity index (χ0v) is 19.3. The Hall–Kier alpha value is -0.870. The summed E-state index contributed by atoms with van der Waals surface area (Å²) in [6.45, 7) is 2.09. The van der Waals surface area contributed by atoms with E-state index in [1.54, 1.807) is 0 Å². The molecular weight excluding hydrogens is 421 g/mol. The van der Waals surface area contributed by atoms with Crippen molar-refractivity contribution < 1.29 is 4.74 Å². The standard InChI is InChI=1S/C24H30ClNOS.ClH/c25-23-12-9-19-13-15-26-16-14-22(19)24(23)28-17-18-7-10-21(11-8-18)27-20-5-3-1-2-4-6-20;/h7-12,20,26H,1-6,13-17H2;1H. The molecule has 2 aromatic carbocycles. The smallest absolute Gasteiger partial charge is 0.119 e. The average Bonchev–Trinajstić information content (AvgIpc) is 3.11. The molecule has 0 aromatic heterocycles. The number of rotatable bonds is 5. The van der Waals surface area contributed by atoms with E-state index in [1.165, 1.54) is 60.1 Å². The van der Waals surface area contributed by atoms with E-state index in [4.69, 9.17) is 16.3 Å². The van der Waals surface area contributed by atoms with Crippen LogP contribution < -0.4 is 10.1 Å². The summed E-state index contributed by atoms with van der Waals surface area (Å²) >= 11 is 8.43. The monoisotopic (exact) mass is 451 g/mol. The highest BCUT2D eigenvalue weighted by Gasteiger charge is 2.16. The van der Waals surface area contributed by atoms with Crippen LogP contribution in [0.2, 0.25) is 5.02 Å². The Morgan fingerprint density at radius 2 is 1.66 bits per heavy atom. The van der Waals surface area contributed by atoms with Crippen LogP contribution in [0.25, 0.3) is 0 Å². The summed E-state index contributed by atoms with van der Waals surface area (Å²) in [4.78, 5) is 1.27. The number of hydrogen-bond donors (Lipinski definition) is 1. The molecule has 1 heterocycles. The lowest BCUT2D eigenvalue weighted by Crippen LogP contribution is -2.16. The highest BCUT2D eigenvalue weighted by Crippen LogP contribution is 2.36. The Morgan fingerprint density at radius 1 is 0.931 bits per heavy atom. The minimum absolute atomic E-state index is 0. The predicted octanol–water partition coefficient (Wildman–Crippen LogP) is 6.84. The maximum atomic E-state index is 6.57. The molecule has 2 aliphatic rings. The minimum Gasteiger partial charge on any atom is -0.490 e. The zero-order chi connectivity index (χ0) is 19.2. The second-order valence-electron chi connectivity index (χ2n) is 7.93. The SMILES string of the molecule is Cl.Clc1ccc2c(c1SCc1ccc(OC3CCCCCC3)cc1)CCNCC2. The summed E-state index contributed by atoms with van der Waals surface area (Å²) in [6.07, 6.45) is 10.3. The second-order valence-corrected chi connectivity index (χ2v) is 9.32. The molecule has 0 amide bonds. The third-order valence-corrected chi connectivity index (χ3v) is 7.50. The van der Waals surface area contributed by atoms with E-state index in [1.807, 2.05) is 11.8 Å². The van der Waals surface area contributed by atoms with Crippen molar-refractivity contribution in [2.24, 2.45) is 0 Å². The fourth-order valence-electron chi connectivity index (χ4n) is 4.24. The first kappa shape index (κ1) is 22.8. The fourth-order valence-corrected chi connectivity index (χ4v) is 5.70. The predicted molar refractivity (Wildman–Crippen MR) is 127 cm³/mol. The van der Waals surface area contributed by atoms with Crippen molar-refractivity contribution in [3.05, 3.63) is 58.1 Å². The molecule has 0 bridgehead atoms. The Balaban J connectivity index is 0.00000240. The van der Waals surface area contributed by atoms with Gasteiger partial charge in [-0.25, -0.2) is 0 Å². The fraction of sp³-hybridized carbons (Fsp3) is 0.500. The number of hydrogen-bond acceptors (Lipinski definition) is 3. The molecule has 2 aromatic rings. The van der Waals surface area contributed by atoms with E-state index in [-0.39, 0.29) is 12.4 Å². The van der Waals surface area contributed by atoms with Crippen LogP contribution in [-0.4, -0.2) is 19.2 Å². The van der Waals surface area contributed by atoms with Gasteiger partial charge >= 0.3 is 0 Å². The van der Waals surface area contributed by atoms with Crippen molar-refractivity contribution in [3.63, 3.8) is 0 Å². The van der Waals surface area contributed by atoms with Gasteiger partial charge in [-0.15, -0.1) is 24.2 Å². The summed E-state index contributed by atoms with van der Waals surface area (Å²) in [5, 5.41) is 4.38. The van der Waals surface area contributed by atoms with E-state index in [9.17, 15) is 0 Å². The molecule has 0 saturated heterocycles. The molecule has 2 nitrogen and oxygen atoms in total. The topological polar surface area (TPSA) is 21.3 Å². The molecule has 0 radical (unpaired) electrons. The Morgan fingerprint density at radius 3 is 2.41 bits per heavy atom. The normalized spacial score (nSPS) is 17.6. The summed E-state index contributed by atoms with van der Waals surface area (Å²) in [7, 11) is 0. The molecule has 1 fully saturated rings. The Kier molecular flexibility index (Phi) is 9.05. The molecule has 5 heteroatoms. The third kappa shape index (κ3) is 6.30. The van der Waals surface area contributed by atoms with Gasteiger partial charge < -0.3 is 10.1 Å². The van der Waals surface area contributed by atoms with Crippen LogP contribution in [0.3, 0.4) is 0 Å². The molecule has 158 valence electrons. The van der Waals surface area contributed by atoms with Gasteiger partial charge in [0, 0.05) is 10.6 Å². The number of fused-ring (bicyclic) bond motifs is 1. The molecule has 1 aliphatic heterocycles. The summed E-state index contributed by atoms with van der Waals surface area (Å²) < 4.78 is 6.23. The van der Waals surface area contributed by atoms with Crippen molar-refractivity contribution in [1.82, 2.24) is 5.32 Å².